The third-order valence-corrected chi connectivity index (χ3v) is 4.45. The summed E-state index contributed by atoms with van der Waals surface area (Å²) in [6.45, 7) is 4.44. The van der Waals surface area contributed by atoms with Gasteiger partial charge in [-0.15, -0.1) is 0 Å². The molecule has 0 spiro atoms. The fourth-order valence-electron chi connectivity index (χ4n) is 1.81. The molecule has 0 fully saturated rings. The third kappa shape index (κ3) is 4.90. The Morgan fingerprint density at radius 2 is 2.17 bits per heavy atom. The van der Waals surface area contributed by atoms with E-state index in [4.69, 9.17) is 0 Å². The summed E-state index contributed by atoms with van der Waals surface area (Å²) in [5.41, 5.74) is 0.408. The number of allylic oxidation sites excluding steroid dienone is 1. The summed E-state index contributed by atoms with van der Waals surface area (Å²) in [7, 11) is -3.59. The van der Waals surface area contributed by atoms with Crippen molar-refractivity contribution in [3.05, 3.63) is 36.5 Å². The molecule has 0 unspecified atom stereocenters. The van der Waals surface area contributed by atoms with Gasteiger partial charge in [0.2, 0.25) is 10.0 Å². The number of urea groups is 1. The summed E-state index contributed by atoms with van der Waals surface area (Å²) in [5.74, 6) is 0.208. The van der Waals surface area contributed by atoms with E-state index < -0.39 is 10.0 Å². The van der Waals surface area contributed by atoms with E-state index in [1.807, 2.05) is 13.8 Å². The van der Waals surface area contributed by atoms with E-state index >= 15 is 0 Å². The molecule has 8 heteroatoms. The molecule has 0 radical (unpaired) electrons. The van der Waals surface area contributed by atoms with Crippen molar-refractivity contribution in [3.63, 3.8) is 0 Å². The number of carbonyl (C=O) groups is 1. The monoisotopic (exact) mass is 336 g/mol. The number of anilines is 1. The highest BCUT2D eigenvalue weighted by Gasteiger charge is 2.16. The summed E-state index contributed by atoms with van der Waals surface area (Å²) in [5, 5.41) is 2.66. The first kappa shape index (κ1) is 17.2. The maximum absolute atomic E-state index is 12.2. The van der Waals surface area contributed by atoms with Crippen molar-refractivity contribution in [2.24, 2.45) is 10.9 Å². The molecule has 0 aliphatic carbocycles. The van der Waals surface area contributed by atoms with Crippen LogP contribution in [0.15, 0.2) is 46.4 Å². The molecule has 0 bridgehead atoms. The van der Waals surface area contributed by atoms with Crippen molar-refractivity contribution in [1.82, 2.24) is 9.62 Å². The summed E-state index contributed by atoms with van der Waals surface area (Å²) in [6.07, 6.45) is 4.87. The number of nitrogens with one attached hydrogen (secondary N) is 2. The van der Waals surface area contributed by atoms with E-state index in [9.17, 15) is 13.2 Å². The van der Waals surface area contributed by atoms with Crippen LogP contribution in [0.1, 0.15) is 13.8 Å². The molecule has 0 saturated heterocycles. The van der Waals surface area contributed by atoms with Gasteiger partial charge in [-0.1, -0.05) is 19.9 Å². The van der Waals surface area contributed by atoms with E-state index in [-0.39, 0.29) is 23.5 Å². The number of nitrogens with zero attached hydrogens (tertiary/aromatic N) is 2. The summed E-state index contributed by atoms with van der Waals surface area (Å²) < 4.78 is 27.0. The Kier molecular flexibility index (Phi) is 5.51. The molecule has 1 aliphatic heterocycles. The number of carbonyl (C=O) groups excluding carboxylic acids is 1. The average molecular weight is 336 g/mol. The Bertz CT molecular complexity index is 726. The van der Waals surface area contributed by atoms with Gasteiger partial charge in [0.05, 0.1) is 4.90 Å². The zero-order valence-corrected chi connectivity index (χ0v) is 13.9. The number of sulfonamides is 1. The lowest BCUT2D eigenvalue weighted by Crippen LogP contribution is -2.32. The Labute approximate surface area is 136 Å². The van der Waals surface area contributed by atoms with Crippen LogP contribution in [0, 0.1) is 5.92 Å². The molecule has 1 aromatic carbocycles. The Hall–Kier alpha value is -2.19. The maximum Gasteiger partial charge on any atom is 0.327 e. The van der Waals surface area contributed by atoms with Gasteiger partial charge in [0.1, 0.15) is 6.67 Å². The fourth-order valence-corrected chi connectivity index (χ4v) is 3.07. The van der Waals surface area contributed by atoms with Crippen molar-refractivity contribution in [2.45, 2.75) is 18.7 Å². The SMILES string of the molecule is CC(C)CNS(=O)(=O)c1cccc(NC(=O)N2C=CC=NC2)c1. The van der Waals surface area contributed by atoms with E-state index in [2.05, 4.69) is 15.0 Å². The van der Waals surface area contributed by atoms with Crippen LogP contribution in [-0.2, 0) is 10.0 Å². The molecule has 1 aromatic rings. The van der Waals surface area contributed by atoms with Gasteiger partial charge in [-0.25, -0.2) is 17.9 Å². The number of hydrogen-bond acceptors (Lipinski definition) is 4. The zero-order valence-electron chi connectivity index (χ0n) is 13.1. The molecule has 0 saturated carbocycles. The van der Waals surface area contributed by atoms with Crippen LogP contribution >= 0.6 is 0 Å². The molecule has 23 heavy (non-hydrogen) atoms. The van der Waals surface area contributed by atoms with Crippen molar-refractivity contribution in [2.75, 3.05) is 18.5 Å². The Morgan fingerprint density at radius 3 is 2.83 bits per heavy atom. The third-order valence-electron chi connectivity index (χ3n) is 3.03. The number of benzene rings is 1. The number of amides is 2. The van der Waals surface area contributed by atoms with Crippen LogP contribution in [0.5, 0.6) is 0 Å². The van der Waals surface area contributed by atoms with Gasteiger partial charge >= 0.3 is 6.03 Å². The molecule has 2 amide bonds. The molecule has 1 aliphatic rings. The van der Waals surface area contributed by atoms with Crippen LogP contribution in [-0.4, -0.2) is 38.8 Å². The van der Waals surface area contributed by atoms with Gasteiger partial charge in [-0.3, -0.25) is 9.89 Å². The fraction of sp³-hybridized carbons (Fsp3) is 0.333. The van der Waals surface area contributed by atoms with Crippen LogP contribution in [0.2, 0.25) is 0 Å². The smallest absolute Gasteiger partial charge is 0.307 e. The topological polar surface area (TPSA) is 90.9 Å². The van der Waals surface area contributed by atoms with Crippen LogP contribution in [0.25, 0.3) is 0 Å². The van der Waals surface area contributed by atoms with Gasteiger partial charge in [0.25, 0.3) is 0 Å². The second kappa shape index (κ2) is 7.38. The predicted molar refractivity (Wildman–Crippen MR) is 89.8 cm³/mol. The quantitative estimate of drug-likeness (QED) is 0.862. The second-order valence-corrected chi connectivity index (χ2v) is 7.26. The highest BCUT2D eigenvalue weighted by Crippen LogP contribution is 2.16. The van der Waals surface area contributed by atoms with Gasteiger partial charge in [0, 0.05) is 24.6 Å². The zero-order chi connectivity index (χ0) is 16.9. The molecule has 7 nitrogen and oxygen atoms in total. The predicted octanol–water partition coefficient (Wildman–Crippen LogP) is 2.01. The molecule has 2 rings (SSSR count). The van der Waals surface area contributed by atoms with Gasteiger partial charge in [-0.05, 0) is 30.2 Å². The molecular weight excluding hydrogens is 316 g/mol. The molecule has 1 heterocycles. The Morgan fingerprint density at radius 1 is 1.39 bits per heavy atom. The normalized spacial score (nSPS) is 14.3. The van der Waals surface area contributed by atoms with E-state index in [1.54, 1.807) is 30.6 Å². The lowest BCUT2D eigenvalue weighted by atomic mass is 10.2. The number of rotatable bonds is 5. The standard InChI is InChI=1S/C15H20N4O3S/c1-12(2)10-17-23(21,22)14-6-3-5-13(9-14)18-15(20)19-8-4-7-16-11-19/h3-9,12,17H,10-11H2,1-2H3,(H,18,20). The first-order chi connectivity index (χ1) is 10.9. The van der Waals surface area contributed by atoms with Crippen molar-refractivity contribution in [3.8, 4) is 0 Å². The first-order valence-electron chi connectivity index (χ1n) is 7.22. The van der Waals surface area contributed by atoms with Crippen LogP contribution in [0.3, 0.4) is 0 Å². The van der Waals surface area contributed by atoms with Gasteiger partial charge < -0.3 is 5.32 Å². The van der Waals surface area contributed by atoms with E-state index in [1.165, 1.54) is 17.0 Å². The molecule has 0 atom stereocenters. The molecular formula is C15H20N4O3S. The minimum absolute atomic E-state index is 0.114. The highest BCUT2D eigenvalue weighted by molar-refractivity contribution is 7.89. The highest BCUT2D eigenvalue weighted by atomic mass is 32.2. The van der Waals surface area contributed by atoms with E-state index in [0.717, 1.165) is 0 Å². The van der Waals surface area contributed by atoms with Gasteiger partial charge in [0.15, 0.2) is 0 Å². The van der Waals surface area contributed by atoms with Gasteiger partial charge in [-0.2, -0.15) is 0 Å². The van der Waals surface area contributed by atoms with Crippen LogP contribution < -0.4 is 10.0 Å². The van der Waals surface area contributed by atoms with E-state index in [0.29, 0.717) is 12.2 Å². The van der Waals surface area contributed by atoms with Crippen LogP contribution in [0.4, 0.5) is 10.5 Å². The summed E-state index contributed by atoms with van der Waals surface area (Å²) >= 11 is 0. The number of aliphatic imine (C=N–C) groups is 1. The Balaban J connectivity index is 2.09. The molecule has 124 valence electrons. The van der Waals surface area contributed by atoms with Crippen molar-refractivity contribution < 1.29 is 13.2 Å². The minimum Gasteiger partial charge on any atom is -0.307 e. The first-order valence-corrected chi connectivity index (χ1v) is 8.71. The maximum atomic E-state index is 12.2. The summed E-state index contributed by atoms with van der Waals surface area (Å²) in [4.78, 5) is 17.5. The largest absolute Gasteiger partial charge is 0.327 e. The average Bonchev–Trinajstić information content (AvgIpc) is 2.54. The second-order valence-electron chi connectivity index (χ2n) is 5.49. The lowest BCUT2D eigenvalue weighted by molar-refractivity contribution is 0.229. The molecule has 2 N–H and O–H groups in total. The number of hydrogen-bond donors (Lipinski definition) is 2. The molecule has 0 aromatic heterocycles. The van der Waals surface area contributed by atoms with Crippen molar-refractivity contribution in [1.29, 1.82) is 0 Å². The van der Waals surface area contributed by atoms with Crippen molar-refractivity contribution >= 4 is 28.0 Å². The lowest BCUT2D eigenvalue weighted by Gasteiger charge is -2.18. The minimum atomic E-state index is -3.59. The summed E-state index contributed by atoms with van der Waals surface area (Å²) in [6, 6.07) is 5.77.